The van der Waals surface area contributed by atoms with Gasteiger partial charge in [0.15, 0.2) is 0 Å². The quantitative estimate of drug-likeness (QED) is 0.569. The van der Waals surface area contributed by atoms with Crippen LogP contribution in [0.15, 0.2) is 42.2 Å². The van der Waals surface area contributed by atoms with E-state index in [9.17, 15) is 0 Å². The molecule has 1 heterocycles. The zero-order valence-electron chi connectivity index (χ0n) is 8.97. The summed E-state index contributed by atoms with van der Waals surface area (Å²) in [5, 5.41) is 8.48. The first kappa shape index (κ1) is 11.7. The molecule has 1 rings (SSSR count). The normalized spacial score (nSPS) is 9.75. The molecule has 0 aliphatic carbocycles. The molecule has 0 aromatic carbocycles. The van der Waals surface area contributed by atoms with Gasteiger partial charge in [-0.05, 0) is 17.2 Å². The lowest BCUT2D eigenvalue weighted by Gasteiger charge is -2.02. The molecule has 0 unspecified atom stereocenters. The first-order chi connectivity index (χ1) is 7.67. The van der Waals surface area contributed by atoms with Crippen LogP contribution in [0.5, 0.6) is 5.88 Å². The van der Waals surface area contributed by atoms with Crippen LogP contribution in [0.4, 0.5) is 0 Å². The number of aliphatic imine (C=N–C) groups is 1. The summed E-state index contributed by atoms with van der Waals surface area (Å²) in [6.45, 7) is 7.26. The van der Waals surface area contributed by atoms with E-state index in [-0.39, 0.29) is 5.70 Å². The minimum atomic E-state index is 0.141. The molecule has 1 aromatic rings. The number of hydrogen-bond acceptors (Lipinski definition) is 4. The number of hydrogen-bond donors (Lipinski definition) is 0. The number of nitriles is 1. The van der Waals surface area contributed by atoms with E-state index in [1.165, 1.54) is 6.21 Å². The van der Waals surface area contributed by atoms with Crippen LogP contribution in [0, 0.1) is 11.3 Å². The molecule has 0 saturated carbocycles. The van der Waals surface area contributed by atoms with Gasteiger partial charge in [-0.1, -0.05) is 13.2 Å². The van der Waals surface area contributed by atoms with Crippen molar-refractivity contribution in [2.75, 3.05) is 7.11 Å². The highest BCUT2D eigenvalue weighted by atomic mass is 16.5. The molecule has 0 bridgehead atoms. The minimum Gasteiger partial charge on any atom is -0.481 e. The van der Waals surface area contributed by atoms with Gasteiger partial charge in [-0.15, -0.1) is 0 Å². The Morgan fingerprint density at radius 2 is 2.38 bits per heavy atom. The lowest BCUT2D eigenvalue weighted by Crippen LogP contribution is -1.90. The molecule has 0 fully saturated rings. The Kier molecular flexibility index (Phi) is 3.98. The summed E-state index contributed by atoms with van der Waals surface area (Å²) in [6.07, 6.45) is 3.10. The maximum atomic E-state index is 8.48. The van der Waals surface area contributed by atoms with Crippen LogP contribution in [0.3, 0.4) is 0 Å². The third kappa shape index (κ3) is 3.07. The van der Waals surface area contributed by atoms with E-state index in [1.54, 1.807) is 25.4 Å². The fourth-order valence-electron chi connectivity index (χ4n) is 0.980. The van der Waals surface area contributed by atoms with Crippen LogP contribution in [0.2, 0.25) is 0 Å². The van der Waals surface area contributed by atoms with Crippen LogP contribution >= 0.6 is 0 Å². The fraction of sp³-hybridized carbons (Fsp3) is 0.0833. The van der Waals surface area contributed by atoms with Gasteiger partial charge in [-0.2, -0.15) is 5.26 Å². The van der Waals surface area contributed by atoms with E-state index in [4.69, 9.17) is 10.00 Å². The highest BCUT2D eigenvalue weighted by molar-refractivity contribution is 6.09. The number of methoxy groups -OCH3 is 1. The predicted octanol–water partition coefficient (Wildman–Crippen LogP) is 2.21. The van der Waals surface area contributed by atoms with Crippen molar-refractivity contribution >= 4 is 11.8 Å². The fourth-order valence-corrected chi connectivity index (χ4v) is 0.980. The zero-order valence-corrected chi connectivity index (χ0v) is 8.97. The number of pyridine rings is 1. The highest BCUT2D eigenvalue weighted by Crippen LogP contribution is 2.15. The molecule has 16 heavy (non-hydrogen) atoms. The third-order valence-corrected chi connectivity index (χ3v) is 1.82. The largest absolute Gasteiger partial charge is 0.481 e. The Balaban J connectivity index is 2.85. The van der Waals surface area contributed by atoms with Crippen LogP contribution in [-0.4, -0.2) is 18.3 Å². The first-order valence-corrected chi connectivity index (χ1v) is 4.49. The first-order valence-electron chi connectivity index (χ1n) is 4.49. The summed E-state index contributed by atoms with van der Waals surface area (Å²) in [5.41, 5.74) is 1.64. The summed E-state index contributed by atoms with van der Waals surface area (Å²) in [4.78, 5) is 7.81. The van der Waals surface area contributed by atoms with Gasteiger partial charge in [0.1, 0.15) is 11.8 Å². The Labute approximate surface area is 94.2 Å². The predicted molar refractivity (Wildman–Crippen MR) is 63.1 cm³/mol. The van der Waals surface area contributed by atoms with E-state index in [0.717, 1.165) is 5.56 Å². The van der Waals surface area contributed by atoms with Crippen LogP contribution < -0.4 is 4.74 Å². The molecule has 80 valence electrons. The lowest BCUT2D eigenvalue weighted by molar-refractivity contribution is 0.398. The Bertz CT molecular complexity index is 483. The monoisotopic (exact) mass is 213 g/mol. The molecular weight excluding hydrogens is 202 g/mol. The summed E-state index contributed by atoms with van der Waals surface area (Å²) in [7, 11) is 1.54. The van der Waals surface area contributed by atoms with E-state index < -0.39 is 0 Å². The van der Waals surface area contributed by atoms with Gasteiger partial charge in [-0.3, -0.25) is 0 Å². The zero-order chi connectivity index (χ0) is 12.0. The number of allylic oxidation sites excluding steroid dienone is 2. The summed E-state index contributed by atoms with van der Waals surface area (Å²) >= 11 is 0. The molecule has 0 radical (unpaired) electrons. The molecular formula is C12H11N3O. The molecule has 4 nitrogen and oxygen atoms in total. The Morgan fingerprint density at radius 3 is 3.00 bits per heavy atom. The van der Waals surface area contributed by atoms with Crippen molar-refractivity contribution in [2.45, 2.75) is 0 Å². The number of rotatable bonds is 4. The highest BCUT2D eigenvalue weighted by Gasteiger charge is 1.99. The Hall–Kier alpha value is -2.41. The minimum absolute atomic E-state index is 0.141. The van der Waals surface area contributed by atoms with Crippen LogP contribution in [-0.2, 0) is 0 Å². The average Bonchev–Trinajstić information content (AvgIpc) is 2.35. The van der Waals surface area contributed by atoms with Crippen molar-refractivity contribution in [1.82, 2.24) is 4.98 Å². The van der Waals surface area contributed by atoms with Gasteiger partial charge in [0.25, 0.3) is 0 Å². The molecule has 0 atom stereocenters. The van der Waals surface area contributed by atoms with E-state index in [1.807, 2.05) is 6.07 Å². The van der Waals surface area contributed by atoms with Crippen molar-refractivity contribution in [3.8, 4) is 11.9 Å². The summed E-state index contributed by atoms with van der Waals surface area (Å²) in [5.74, 6) is 0.506. The number of ether oxygens (including phenoxy) is 1. The maximum absolute atomic E-state index is 8.48. The molecule has 0 spiro atoms. The van der Waals surface area contributed by atoms with E-state index in [2.05, 4.69) is 23.1 Å². The smallest absolute Gasteiger partial charge is 0.213 e. The van der Waals surface area contributed by atoms with Gasteiger partial charge < -0.3 is 4.74 Å². The molecule has 0 aliphatic heterocycles. The number of aromatic nitrogens is 1. The van der Waals surface area contributed by atoms with Gasteiger partial charge in [0.05, 0.1) is 7.11 Å². The van der Waals surface area contributed by atoms with Crippen molar-refractivity contribution in [2.24, 2.45) is 4.99 Å². The standard InChI is InChI=1S/C12H11N3O/c1-9(8-15-10(2)7-13)11-4-5-14-12(6-11)16-3/h4-6,8H,1-2H2,3H3/b15-8+. The third-order valence-electron chi connectivity index (χ3n) is 1.82. The second kappa shape index (κ2) is 5.47. The molecule has 0 N–H and O–H groups in total. The molecule has 0 saturated heterocycles. The number of nitrogens with zero attached hydrogens (tertiary/aromatic N) is 3. The maximum Gasteiger partial charge on any atom is 0.213 e. The SMILES string of the molecule is C=C(C#N)/N=C/C(=C)c1ccnc(OC)c1. The van der Waals surface area contributed by atoms with E-state index in [0.29, 0.717) is 11.5 Å². The topological polar surface area (TPSA) is 58.3 Å². The van der Waals surface area contributed by atoms with Crippen molar-refractivity contribution < 1.29 is 4.74 Å². The molecule has 4 heteroatoms. The van der Waals surface area contributed by atoms with Gasteiger partial charge in [0, 0.05) is 18.5 Å². The van der Waals surface area contributed by atoms with Gasteiger partial charge in [-0.25, -0.2) is 9.98 Å². The van der Waals surface area contributed by atoms with Crippen LogP contribution in [0.25, 0.3) is 5.57 Å². The van der Waals surface area contributed by atoms with Gasteiger partial charge in [0.2, 0.25) is 5.88 Å². The van der Waals surface area contributed by atoms with Crippen molar-refractivity contribution in [1.29, 1.82) is 5.26 Å². The van der Waals surface area contributed by atoms with Gasteiger partial charge >= 0.3 is 0 Å². The second-order valence-corrected chi connectivity index (χ2v) is 2.93. The average molecular weight is 213 g/mol. The Morgan fingerprint density at radius 1 is 1.62 bits per heavy atom. The van der Waals surface area contributed by atoms with E-state index >= 15 is 0 Å². The molecule has 1 aromatic heterocycles. The second-order valence-electron chi connectivity index (χ2n) is 2.93. The van der Waals surface area contributed by atoms with Crippen molar-refractivity contribution in [3.05, 3.63) is 42.7 Å². The van der Waals surface area contributed by atoms with Crippen molar-refractivity contribution in [3.63, 3.8) is 0 Å². The lowest BCUT2D eigenvalue weighted by atomic mass is 10.1. The summed E-state index contributed by atoms with van der Waals surface area (Å²) in [6, 6.07) is 5.35. The van der Waals surface area contributed by atoms with Crippen LogP contribution in [0.1, 0.15) is 5.56 Å². The summed E-state index contributed by atoms with van der Waals surface area (Å²) < 4.78 is 4.99. The molecule has 0 amide bonds. The molecule has 0 aliphatic rings.